The van der Waals surface area contributed by atoms with E-state index in [1.807, 2.05) is 7.05 Å². The first-order valence-electron chi connectivity index (χ1n) is 6.73. The molecule has 1 fully saturated rings. The molecule has 1 saturated heterocycles. The van der Waals surface area contributed by atoms with Crippen LogP contribution in [0.4, 0.5) is 0 Å². The number of hydrogen-bond acceptors (Lipinski definition) is 3. The van der Waals surface area contributed by atoms with Gasteiger partial charge < -0.3 is 10.1 Å². The molecule has 4 heteroatoms. The van der Waals surface area contributed by atoms with Crippen molar-refractivity contribution in [2.75, 3.05) is 33.8 Å². The summed E-state index contributed by atoms with van der Waals surface area (Å²) in [6.45, 7) is 6.74. The van der Waals surface area contributed by atoms with Gasteiger partial charge in [-0.1, -0.05) is 12.1 Å². The number of rotatable bonds is 5. The van der Waals surface area contributed by atoms with E-state index in [1.165, 1.54) is 30.6 Å². The summed E-state index contributed by atoms with van der Waals surface area (Å²) in [5.41, 5.74) is 2.61. The van der Waals surface area contributed by atoms with E-state index < -0.39 is 0 Å². The maximum absolute atomic E-state index is 5.30. The molecule has 19 heavy (non-hydrogen) atoms. The highest BCUT2D eigenvalue weighted by molar-refractivity contribution is 5.85. The minimum atomic E-state index is 0. The Morgan fingerprint density at radius 2 is 2.21 bits per heavy atom. The molecular formula is C15H25ClN2O. The molecule has 0 saturated carbocycles. The van der Waals surface area contributed by atoms with Crippen molar-refractivity contribution in [2.45, 2.75) is 19.9 Å². The predicted molar refractivity (Wildman–Crippen MR) is 82.3 cm³/mol. The van der Waals surface area contributed by atoms with Crippen molar-refractivity contribution in [3.63, 3.8) is 0 Å². The number of likely N-dealkylation sites (tertiary alicyclic amines) is 1. The van der Waals surface area contributed by atoms with Crippen LogP contribution in [0.3, 0.4) is 0 Å². The molecule has 0 radical (unpaired) electrons. The van der Waals surface area contributed by atoms with E-state index in [4.69, 9.17) is 4.74 Å². The molecule has 1 aromatic carbocycles. The van der Waals surface area contributed by atoms with Gasteiger partial charge in [0.2, 0.25) is 0 Å². The lowest BCUT2D eigenvalue weighted by atomic mass is 10.1. The number of aryl methyl sites for hydroxylation is 1. The average Bonchev–Trinajstić information content (AvgIpc) is 2.77. The molecule has 1 atom stereocenters. The molecule has 108 valence electrons. The van der Waals surface area contributed by atoms with Crippen molar-refractivity contribution < 1.29 is 4.74 Å². The van der Waals surface area contributed by atoms with Gasteiger partial charge >= 0.3 is 0 Å². The first-order chi connectivity index (χ1) is 8.72. The molecule has 1 aliphatic heterocycles. The maximum atomic E-state index is 5.30. The highest BCUT2D eigenvalue weighted by Gasteiger charge is 2.21. The van der Waals surface area contributed by atoms with E-state index in [1.54, 1.807) is 7.11 Å². The van der Waals surface area contributed by atoms with Gasteiger partial charge in [-0.15, -0.1) is 12.4 Å². The first-order valence-corrected chi connectivity index (χ1v) is 6.73. The SMILES string of the molecule is CNCC1CCN(Cc2ccc(OC)c(C)c2)C1.Cl. The number of methoxy groups -OCH3 is 1. The molecule has 1 N–H and O–H groups in total. The standard InChI is InChI=1S/C15H24N2O.ClH/c1-12-8-13(4-5-15(12)18-3)10-17-7-6-14(11-17)9-16-2;/h4-5,8,14,16H,6-7,9-11H2,1-3H3;1H. The number of nitrogens with zero attached hydrogens (tertiary/aromatic N) is 1. The molecule has 0 aliphatic carbocycles. The van der Waals surface area contributed by atoms with Crippen LogP contribution in [-0.4, -0.2) is 38.7 Å². The van der Waals surface area contributed by atoms with E-state index in [0.29, 0.717) is 0 Å². The normalized spacial score (nSPS) is 19.2. The smallest absolute Gasteiger partial charge is 0.121 e. The fraction of sp³-hybridized carbons (Fsp3) is 0.600. The van der Waals surface area contributed by atoms with Crippen LogP contribution in [0.15, 0.2) is 18.2 Å². The van der Waals surface area contributed by atoms with E-state index >= 15 is 0 Å². The van der Waals surface area contributed by atoms with Crippen LogP contribution in [0.2, 0.25) is 0 Å². The minimum absolute atomic E-state index is 0. The second-order valence-electron chi connectivity index (χ2n) is 5.25. The molecule has 0 bridgehead atoms. The lowest BCUT2D eigenvalue weighted by molar-refractivity contribution is 0.315. The van der Waals surface area contributed by atoms with Gasteiger partial charge in [-0.05, 0) is 56.6 Å². The number of halogens is 1. The Hall–Kier alpha value is -0.770. The molecule has 1 unspecified atom stereocenters. The van der Waals surface area contributed by atoms with Gasteiger partial charge in [0.05, 0.1) is 7.11 Å². The Balaban J connectivity index is 0.00000180. The lowest BCUT2D eigenvalue weighted by Gasteiger charge is -2.17. The zero-order valence-corrected chi connectivity index (χ0v) is 12.9. The number of ether oxygens (including phenoxy) is 1. The van der Waals surface area contributed by atoms with Crippen molar-refractivity contribution in [1.82, 2.24) is 10.2 Å². The lowest BCUT2D eigenvalue weighted by Crippen LogP contribution is -2.24. The summed E-state index contributed by atoms with van der Waals surface area (Å²) in [4.78, 5) is 2.54. The van der Waals surface area contributed by atoms with Crippen LogP contribution in [-0.2, 0) is 6.54 Å². The molecule has 2 rings (SSSR count). The summed E-state index contributed by atoms with van der Waals surface area (Å²) in [6.07, 6.45) is 1.32. The average molecular weight is 285 g/mol. The molecule has 0 amide bonds. The van der Waals surface area contributed by atoms with Crippen molar-refractivity contribution in [1.29, 1.82) is 0 Å². The number of nitrogens with one attached hydrogen (secondary N) is 1. The van der Waals surface area contributed by atoms with Gasteiger partial charge in [0.15, 0.2) is 0 Å². The quantitative estimate of drug-likeness (QED) is 0.899. The summed E-state index contributed by atoms with van der Waals surface area (Å²) >= 11 is 0. The van der Waals surface area contributed by atoms with E-state index in [9.17, 15) is 0 Å². The zero-order valence-electron chi connectivity index (χ0n) is 12.1. The number of hydrogen-bond donors (Lipinski definition) is 1. The Morgan fingerprint density at radius 1 is 1.42 bits per heavy atom. The summed E-state index contributed by atoms with van der Waals surface area (Å²) in [6, 6.07) is 6.49. The van der Waals surface area contributed by atoms with E-state index in [2.05, 4.69) is 35.3 Å². The third-order valence-corrected chi connectivity index (χ3v) is 3.73. The Labute approximate surface area is 122 Å². The fourth-order valence-corrected chi connectivity index (χ4v) is 2.81. The molecule has 3 nitrogen and oxygen atoms in total. The van der Waals surface area contributed by atoms with Crippen LogP contribution in [0.25, 0.3) is 0 Å². The topological polar surface area (TPSA) is 24.5 Å². The third-order valence-electron chi connectivity index (χ3n) is 3.73. The summed E-state index contributed by atoms with van der Waals surface area (Å²) < 4.78 is 5.30. The van der Waals surface area contributed by atoms with E-state index in [0.717, 1.165) is 24.8 Å². The molecular weight excluding hydrogens is 260 g/mol. The second kappa shape index (κ2) is 7.73. The third kappa shape index (κ3) is 4.37. The Morgan fingerprint density at radius 3 is 2.84 bits per heavy atom. The predicted octanol–water partition coefficient (Wildman–Crippen LogP) is 2.47. The van der Waals surface area contributed by atoms with Gasteiger partial charge in [-0.2, -0.15) is 0 Å². The van der Waals surface area contributed by atoms with Crippen LogP contribution < -0.4 is 10.1 Å². The minimum Gasteiger partial charge on any atom is -0.496 e. The Kier molecular flexibility index (Phi) is 6.63. The molecule has 1 aromatic rings. The Bertz CT molecular complexity index is 398. The number of benzene rings is 1. The molecule has 0 spiro atoms. The fourth-order valence-electron chi connectivity index (χ4n) is 2.81. The summed E-state index contributed by atoms with van der Waals surface area (Å²) in [5.74, 6) is 1.79. The van der Waals surface area contributed by atoms with E-state index in [-0.39, 0.29) is 12.4 Å². The zero-order chi connectivity index (χ0) is 13.0. The van der Waals surface area contributed by atoms with Gasteiger partial charge in [0.25, 0.3) is 0 Å². The van der Waals surface area contributed by atoms with Crippen LogP contribution in [0, 0.1) is 12.8 Å². The second-order valence-corrected chi connectivity index (χ2v) is 5.25. The summed E-state index contributed by atoms with van der Waals surface area (Å²) in [7, 11) is 3.76. The van der Waals surface area contributed by atoms with Crippen molar-refractivity contribution in [3.8, 4) is 5.75 Å². The molecule has 1 aliphatic rings. The molecule has 1 heterocycles. The van der Waals surface area contributed by atoms with Crippen molar-refractivity contribution in [3.05, 3.63) is 29.3 Å². The van der Waals surface area contributed by atoms with Crippen molar-refractivity contribution >= 4 is 12.4 Å². The highest BCUT2D eigenvalue weighted by atomic mass is 35.5. The van der Waals surface area contributed by atoms with Gasteiger partial charge in [0, 0.05) is 13.1 Å². The van der Waals surface area contributed by atoms with Crippen molar-refractivity contribution in [2.24, 2.45) is 5.92 Å². The summed E-state index contributed by atoms with van der Waals surface area (Å²) in [5, 5.41) is 3.28. The first kappa shape index (κ1) is 16.3. The van der Waals surface area contributed by atoms with Gasteiger partial charge in [-0.3, -0.25) is 4.90 Å². The highest BCUT2D eigenvalue weighted by Crippen LogP contribution is 2.22. The van der Waals surface area contributed by atoms with Crippen LogP contribution >= 0.6 is 12.4 Å². The monoisotopic (exact) mass is 284 g/mol. The van der Waals surface area contributed by atoms with Gasteiger partial charge in [-0.25, -0.2) is 0 Å². The molecule has 0 aromatic heterocycles. The van der Waals surface area contributed by atoms with Crippen LogP contribution in [0.1, 0.15) is 17.5 Å². The maximum Gasteiger partial charge on any atom is 0.121 e. The largest absolute Gasteiger partial charge is 0.496 e. The van der Waals surface area contributed by atoms with Gasteiger partial charge in [0.1, 0.15) is 5.75 Å². The van der Waals surface area contributed by atoms with Crippen LogP contribution in [0.5, 0.6) is 5.75 Å².